The molecular weight excluding hydrogens is 468 g/mol. The molecule has 1 amide bonds. The number of amides is 1. The molecule has 1 spiro atoms. The van der Waals surface area contributed by atoms with Crippen LogP contribution < -0.4 is 9.64 Å². The number of hydrogen-bond donors (Lipinski definition) is 1. The maximum Gasteiger partial charge on any atom is 0.271 e. The van der Waals surface area contributed by atoms with Gasteiger partial charge in [0.15, 0.2) is 23.0 Å². The topological polar surface area (TPSA) is 92.9 Å². The average molecular weight is 491 g/mol. The molecule has 0 atom stereocenters. The second-order valence-corrected chi connectivity index (χ2v) is 9.84. The predicted molar refractivity (Wildman–Crippen MR) is 126 cm³/mol. The molecular formula is C26H23F2N5O3. The summed E-state index contributed by atoms with van der Waals surface area (Å²) in [5.41, 5.74) is 0.399. The number of ether oxygens (including phenoxy) is 1. The molecule has 1 aliphatic carbocycles. The highest BCUT2D eigenvalue weighted by molar-refractivity contribution is 6.04. The summed E-state index contributed by atoms with van der Waals surface area (Å²) in [6.07, 6.45) is 5.55. The van der Waals surface area contributed by atoms with E-state index >= 15 is 4.39 Å². The van der Waals surface area contributed by atoms with Crippen LogP contribution in [0, 0.1) is 18.6 Å². The summed E-state index contributed by atoms with van der Waals surface area (Å²) in [6, 6.07) is 5.81. The summed E-state index contributed by atoms with van der Waals surface area (Å²) in [6.45, 7) is 5.02. The van der Waals surface area contributed by atoms with Gasteiger partial charge in [0.25, 0.3) is 5.91 Å². The maximum atomic E-state index is 15.1. The van der Waals surface area contributed by atoms with E-state index < -0.39 is 22.8 Å². The number of halogens is 2. The van der Waals surface area contributed by atoms with Crippen molar-refractivity contribution in [2.24, 2.45) is 0 Å². The Hall–Kier alpha value is -3.92. The number of anilines is 1. The Morgan fingerprint density at radius 1 is 1.17 bits per heavy atom. The Balaban J connectivity index is 1.44. The van der Waals surface area contributed by atoms with Crippen molar-refractivity contribution in [2.75, 3.05) is 4.90 Å². The predicted octanol–water partition coefficient (Wildman–Crippen LogP) is 4.06. The lowest BCUT2D eigenvalue weighted by Crippen LogP contribution is -2.47. The van der Waals surface area contributed by atoms with Crippen LogP contribution in [0.4, 0.5) is 14.5 Å². The molecule has 4 aromatic rings. The van der Waals surface area contributed by atoms with Gasteiger partial charge in [0, 0.05) is 48.6 Å². The summed E-state index contributed by atoms with van der Waals surface area (Å²) < 4.78 is 37.2. The zero-order valence-electron chi connectivity index (χ0n) is 19.9. The van der Waals surface area contributed by atoms with E-state index in [0.29, 0.717) is 41.1 Å². The largest absolute Gasteiger partial charge is 0.472 e. The first-order valence-electron chi connectivity index (χ1n) is 11.6. The van der Waals surface area contributed by atoms with Crippen LogP contribution in [0.5, 0.6) is 5.75 Å². The van der Waals surface area contributed by atoms with Crippen molar-refractivity contribution in [3.05, 3.63) is 71.7 Å². The highest BCUT2D eigenvalue weighted by atomic mass is 19.1. The highest BCUT2D eigenvalue weighted by Crippen LogP contribution is 2.50. The van der Waals surface area contributed by atoms with Crippen LogP contribution in [0.15, 0.2) is 42.9 Å². The van der Waals surface area contributed by atoms with Gasteiger partial charge in [-0.25, -0.2) is 23.7 Å². The molecule has 1 saturated carbocycles. The molecule has 0 bridgehead atoms. The summed E-state index contributed by atoms with van der Waals surface area (Å²) in [5.74, 6) is -0.974. The Bertz CT molecular complexity index is 1540. The van der Waals surface area contributed by atoms with Crippen LogP contribution in [0.3, 0.4) is 0 Å². The zero-order chi connectivity index (χ0) is 25.4. The van der Waals surface area contributed by atoms with Crippen molar-refractivity contribution in [3.8, 4) is 16.9 Å². The summed E-state index contributed by atoms with van der Waals surface area (Å²) in [4.78, 5) is 27.7. The Morgan fingerprint density at radius 3 is 2.56 bits per heavy atom. The number of carbonyl (C=O) groups excluding carboxylic acids is 1. The van der Waals surface area contributed by atoms with Crippen molar-refractivity contribution < 1.29 is 23.4 Å². The zero-order valence-corrected chi connectivity index (χ0v) is 19.9. The number of carbonyl (C=O) groups is 1. The fourth-order valence-electron chi connectivity index (χ4n) is 4.56. The number of aliphatic hydroxyl groups is 1. The van der Waals surface area contributed by atoms with Crippen molar-refractivity contribution in [3.63, 3.8) is 0 Å². The van der Waals surface area contributed by atoms with Gasteiger partial charge in [-0.15, -0.1) is 0 Å². The normalized spacial score (nSPS) is 16.4. The van der Waals surface area contributed by atoms with E-state index in [4.69, 9.17) is 4.74 Å². The number of nitrogens with zero attached hydrogens (tertiary/aromatic N) is 5. The molecule has 1 aliphatic heterocycles. The van der Waals surface area contributed by atoms with Gasteiger partial charge in [0.2, 0.25) is 0 Å². The third kappa shape index (κ3) is 3.43. The minimum Gasteiger partial charge on any atom is -0.472 e. The number of fused-ring (bicyclic) bond motifs is 2. The number of aromatic nitrogens is 4. The number of aryl methyl sites for hydroxylation is 1. The van der Waals surface area contributed by atoms with Crippen molar-refractivity contribution >= 4 is 17.2 Å². The van der Waals surface area contributed by atoms with Gasteiger partial charge in [0.1, 0.15) is 17.1 Å². The molecule has 1 N–H and O–H groups in total. The average Bonchev–Trinajstić information content (AvgIpc) is 3.54. The Kier molecular flexibility index (Phi) is 4.72. The van der Waals surface area contributed by atoms with E-state index in [1.54, 1.807) is 37.4 Å². The lowest BCUT2D eigenvalue weighted by atomic mass is 10.1. The first-order chi connectivity index (χ1) is 17.1. The van der Waals surface area contributed by atoms with Crippen LogP contribution in [-0.2, 0) is 16.9 Å². The molecule has 1 aromatic carbocycles. The fourth-order valence-corrected chi connectivity index (χ4v) is 4.56. The number of pyridine rings is 1. The minimum atomic E-state index is -1.23. The molecule has 4 heterocycles. The van der Waals surface area contributed by atoms with E-state index in [2.05, 4.69) is 15.0 Å². The molecule has 0 saturated heterocycles. The van der Waals surface area contributed by atoms with Gasteiger partial charge in [-0.05, 0) is 32.9 Å². The number of para-hydroxylation sites is 1. The molecule has 36 heavy (non-hydrogen) atoms. The number of hydrogen-bond acceptors (Lipinski definition) is 6. The molecule has 10 heteroatoms. The molecule has 3 aromatic heterocycles. The lowest BCUT2D eigenvalue weighted by Gasteiger charge is -2.34. The van der Waals surface area contributed by atoms with E-state index in [-0.39, 0.29) is 29.6 Å². The summed E-state index contributed by atoms with van der Waals surface area (Å²) in [7, 11) is 0. The van der Waals surface area contributed by atoms with E-state index in [0.717, 1.165) is 0 Å². The smallest absolute Gasteiger partial charge is 0.271 e. The first kappa shape index (κ1) is 22.5. The van der Waals surface area contributed by atoms with Crippen LogP contribution >= 0.6 is 0 Å². The molecule has 1 fully saturated rings. The van der Waals surface area contributed by atoms with Crippen LogP contribution in [0.2, 0.25) is 0 Å². The van der Waals surface area contributed by atoms with Crippen LogP contribution in [0.1, 0.15) is 43.9 Å². The molecule has 2 aliphatic rings. The fraction of sp³-hybridized carbons (Fsp3) is 0.308. The Labute approximate surface area is 205 Å². The van der Waals surface area contributed by atoms with Gasteiger partial charge in [-0.2, -0.15) is 0 Å². The number of benzene rings is 1. The third-order valence-electron chi connectivity index (χ3n) is 6.70. The number of rotatable bonds is 4. The van der Waals surface area contributed by atoms with Crippen molar-refractivity contribution in [1.29, 1.82) is 0 Å². The summed E-state index contributed by atoms with van der Waals surface area (Å²) >= 11 is 0. The SMILES string of the molecule is Cc1nc2cc(F)c(-c3cnc(C(C)(C)O)nc3)cn2c1CN1C(=O)C2(CC2)Oc2c(F)cccc21. The van der Waals surface area contributed by atoms with E-state index in [1.807, 2.05) is 0 Å². The second-order valence-electron chi connectivity index (χ2n) is 9.84. The van der Waals surface area contributed by atoms with Gasteiger partial charge < -0.3 is 14.2 Å². The van der Waals surface area contributed by atoms with Crippen LogP contribution in [0.25, 0.3) is 16.8 Å². The number of imidazole rings is 1. The molecule has 0 unspecified atom stereocenters. The minimum absolute atomic E-state index is 0.0665. The molecule has 184 valence electrons. The van der Waals surface area contributed by atoms with Crippen LogP contribution in [-0.4, -0.2) is 36.0 Å². The molecule has 0 radical (unpaired) electrons. The quantitative estimate of drug-likeness (QED) is 0.463. The standard InChI is InChI=1S/C26H23F2N5O3/c1-14-20(13-33-19-6-4-5-17(27)22(19)36-26(7-8-26)24(33)34)32-12-16(18(28)9-21(32)31-14)15-10-29-23(30-11-15)25(2,3)35/h4-6,9-12,35H,7-8,13H2,1-3H3. The third-order valence-corrected chi connectivity index (χ3v) is 6.70. The van der Waals surface area contributed by atoms with Gasteiger partial charge >= 0.3 is 0 Å². The van der Waals surface area contributed by atoms with Gasteiger partial charge in [-0.3, -0.25) is 9.69 Å². The summed E-state index contributed by atoms with van der Waals surface area (Å²) in [5, 5.41) is 10.1. The lowest BCUT2D eigenvalue weighted by molar-refractivity contribution is -0.128. The molecule has 6 rings (SSSR count). The van der Waals surface area contributed by atoms with Gasteiger partial charge in [-0.1, -0.05) is 6.07 Å². The molecule has 8 nitrogen and oxygen atoms in total. The maximum absolute atomic E-state index is 15.1. The Morgan fingerprint density at radius 2 is 1.89 bits per heavy atom. The van der Waals surface area contributed by atoms with Crippen molar-refractivity contribution in [2.45, 2.75) is 51.4 Å². The monoisotopic (exact) mass is 491 g/mol. The van der Waals surface area contributed by atoms with E-state index in [9.17, 15) is 14.3 Å². The van der Waals surface area contributed by atoms with Crippen molar-refractivity contribution in [1.82, 2.24) is 19.4 Å². The first-order valence-corrected chi connectivity index (χ1v) is 11.6. The van der Waals surface area contributed by atoms with Gasteiger partial charge in [0.05, 0.1) is 23.6 Å². The second kappa shape index (κ2) is 7.54. The highest BCUT2D eigenvalue weighted by Gasteiger charge is 2.58. The van der Waals surface area contributed by atoms with E-state index in [1.165, 1.54) is 35.5 Å².